The molecule has 29 heavy (non-hydrogen) atoms. The third kappa shape index (κ3) is 3.44. The number of fused-ring (bicyclic) bond motifs is 5. The molecule has 6 heteroatoms. The minimum Gasteiger partial charge on any atom is -0.394 e. The first-order chi connectivity index (χ1) is 13.7. The van der Waals surface area contributed by atoms with Crippen LogP contribution >= 0.6 is 0 Å². The lowest BCUT2D eigenvalue weighted by Crippen LogP contribution is -2.58. The van der Waals surface area contributed by atoms with Crippen molar-refractivity contribution < 1.29 is 19.1 Å². The van der Waals surface area contributed by atoms with Gasteiger partial charge in [-0.15, -0.1) is 0 Å². The fraction of sp³-hybridized carbons (Fsp3) is 0.913. The maximum atomic E-state index is 15.2. The lowest BCUT2D eigenvalue weighted by atomic mass is 9.44. The molecule has 0 aliphatic heterocycles. The highest BCUT2D eigenvalue weighted by Crippen LogP contribution is 2.65. The van der Waals surface area contributed by atoms with E-state index in [1.54, 1.807) is 0 Å². The van der Waals surface area contributed by atoms with Crippen LogP contribution in [0.3, 0.4) is 0 Å². The van der Waals surface area contributed by atoms with E-state index in [4.69, 9.17) is 4.84 Å². The topological polar surface area (TPSA) is 62.1 Å². The predicted molar refractivity (Wildman–Crippen MR) is 110 cm³/mol. The lowest BCUT2D eigenvalue weighted by Gasteiger charge is -2.59. The molecule has 1 unspecified atom stereocenters. The minimum absolute atomic E-state index is 0.0681. The number of aliphatic hydroxyl groups excluding tert-OH is 1. The number of oxime groups is 1. The standard InChI is InChI=1S/C23H37FN2O3/c1-22-8-7-16-14(15(22)5-6-21(22)28)11-20(27)17-12-19(18(24)13-23(16,17)2)25-29-10-9-26(3)4/h14-18,21,28H,5-13H2,1-4H3/b25-19+/t14-,15-,16-,17?,18+,21-,22-,23+/m0/s1. The first-order valence-electron chi connectivity index (χ1n) is 11.3. The van der Waals surface area contributed by atoms with Gasteiger partial charge in [0.05, 0.1) is 11.8 Å². The van der Waals surface area contributed by atoms with Crippen LogP contribution < -0.4 is 0 Å². The van der Waals surface area contributed by atoms with E-state index < -0.39 is 6.17 Å². The second-order valence-corrected chi connectivity index (χ2v) is 10.8. The Bertz CT molecular complexity index is 683. The van der Waals surface area contributed by atoms with Crippen LogP contribution in [0.2, 0.25) is 0 Å². The molecule has 0 amide bonds. The van der Waals surface area contributed by atoms with Crippen molar-refractivity contribution in [1.82, 2.24) is 4.90 Å². The van der Waals surface area contributed by atoms with E-state index in [1.807, 2.05) is 19.0 Å². The van der Waals surface area contributed by atoms with E-state index in [9.17, 15) is 9.90 Å². The van der Waals surface area contributed by atoms with Gasteiger partial charge in [0, 0.05) is 25.3 Å². The highest BCUT2D eigenvalue weighted by Gasteiger charge is 2.63. The number of alkyl halides is 1. The number of halogens is 1. The molecule has 0 spiro atoms. The van der Waals surface area contributed by atoms with Gasteiger partial charge < -0.3 is 14.8 Å². The Balaban J connectivity index is 1.53. The highest BCUT2D eigenvalue weighted by atomic mass is 19.1. The summed E-state index contributed by atoms with van der Waals surface area (Å²) in [6, 6.07) is 0. The van der Waals surface area contributed by atoms with Gasteiger partial charge in [0.25, 0.3) is 0 Å². The molecule has 0 aromatic rings. The summed E-state index contributed by atoms with van der Waals surface area (Å²) in [5.41, 5.74) is 0.0353. The van der Waals surface area contributed by atoms with Crippen LogP contribution in [-0.4, -0.2) is 61.0 Å². The molecule has 0 aromatic carbocycles. The van der Waals surface area contributed by atoms with Crippen LogP contribution in [0.4, 0.5) is 4.39 Å². The van der Waals surface area contributed by atoms with E-state index in [1.165, 1.54) is 0 Å². The van der Waals surface area contributed by atoms with Crippen LogP contribution in [0.5, 0.6) is 0 Å². The Hall–Kier alpha value is -1.01. The van der Waals surface area contributed by atoms with Gasteiger partial charge in [-0.05, 0) is 74.8 Å². The maximum absolute atomic E-state index is 15.2. The fourth-order valence-electron chi connectivity index (χ4n) is 7.29. The van der Waals surface area contributed by atoms with E-state index in [2.05, 4.69) is 19.0 Å². The number of aliphatic hydroxyl groups is 1. The van der Waals surface area contributed by atoms with Crippen molar-refractivity contribution in [2.45, 2.75) is 71.1 Å². The normalized spacial score (nSPS) is 48.4. The van der Waals surface area contributed by atoms with Crippen molar-refractivity contribution in [2.75, 3.05) is 27.2 Å². The minimum atomic E-state index is -1.13. The number of hydrogen-bond donors (Lipinski definition) is 1. The van der Waals surface area contributed by atoms with Crippen LogP contribution in [0.25, 0.3) is 0 Å². The molecule has 0 bridgehead atoms. The molecule has 4 saturated carbocycles. The Morgan fingerprint density at radius 3 is 2.62 bits per heavy atom. The third-order valence-corrected chi connectivity index (χ3v) is 9.06. The van der Waals surface area contributed by atoms with Crippen LogP contribution in [0.15, 0.2) is 5.16 Å². The van der Waals surface area contributed by atoms with Crippen molar-refractivity contribution in [3.05, 3.63) is 0 Å². The van der Waals surface area contributed by atoms with Gasteiger partial charge in [0.1, 0.15) is 18.6 Å². The maximum Gasteiger partial charge on any atom is 0.142 e. The molecule has 1 N–H and O–H groups in total. The highest BCUT2D eigenvalue weighted by molar-refractivity contribution is 5.95. The quantitative estimate of drug-likeness (QED) is 0.572. The second kappa shape index (κ2) is 7.60. The molecule has 164 valence electrons. The number of carbonyl (C=O) groups excluding carboxylic acids is 1. The number of nitrogens with zero attached hydrogens (tertiary/aromatic N) is 2. The van der Waals surface area contributed by atoms with Gasteiger partial charge in [0.15, 0.2) is 0 Å². The monoisotopic (exact) mass is 408 g/mol. The van der Waals surface area contributed by atoms with Gasteiger partial charge in [-0.1, -0.05) is 19.0 Å². The van der Waals surface area contributed by atoms with E-state index in [0.29, 0.717) is 49.3 Å². The van der Waals surface area contributed by atoms with Crippen LogP contribution in [-0.2, 0) is 9.63 Å². The van der Waals surface area contributed by atoms with E-state index in [0.717, 1.165) is 32.2 Å². The zero-order valence-electron chi connectivity index (χ0n) is 18.4. The summed E-state index contributed by atoms with van der Waals surface area (Å²) >= 11 is 0. The number of Topliss-reactive ketones (excluding diaryl/α,β-unsaturated/α-hetero) is 1. The van der Waals surface area contributed by atoms with Gasteiger partial charge in [0.2, 0.25) is 0 Å². The summed E-state index contributed by atoms with van der Waals surface area (Å²) in [6.07, 6.45) is 3.78. The molecule has 0 aromatic heterocycles. The molecule has 0 heterocycles. The smallest absolute Gasteiger partial charge is 0.142 e. The van der Waals surface area contributed by atoms with Crippen molar-refractivity contribution in [1.29, 1.82) is 0 Å². The zero-order chi connectivity index (χ0) is 21.0. The van der Waals surface area contributed by atoms with Gasteiger partial charge >= 0.3 is 0 Å². The van der Waals surface area contributed by atoms with Crippen LogP contribution in [0, 0.1) is 34.5 Å². The van der Waals surface area contributed by atoms with Gasteiger partial charge in [-0.2, -0.15) is 0 Å². The summed E-state index contributed by atoms with van der Waals surface area (Å²) in [6.45, 7) is 5.51. The molecule has 8 atom stereocenters. The van der Waals surface area contributed by atoms with E-state index in [-0.39, 0.29) is 28.6 Å². The molecular formula is C23H37FN2O3. The average Bonchev–Trinajstić information content (AvgIpc) is 2.95. The zero-order valence-corrected chi connectivity index (χ0v) is 18.4. The molecule has 4 fully saturated rings. The number of carbonyl (C=O) groups is 1. The lowest BCUT2D eigenvalue weighted by molar-refractivity contribution is -0.154. The molecular weight excluding hydrogens is 371 g/mol. The Morgan fingerprint density at radius 1 is 1.17 bits per heavy atom. The molecule has 4 rings (SSSR count). The summed E-state index contributed by atoms with van der Waals surface area (Å²) in [5, 5.41) is 14.7. The third-order valence-electron chi connectivity index (χ3n) is 9.06. The number of ketones is 1. The van der Waals surface area contributed by atoms with Crippen molar-refractivity contribution in [2.24, 2.45) is 39.7 Å². The summed E-state index contributed by atoms with van der Waals surface area (Å²) in [4.78, 5) is 20.6. The van der Waals surface area contributed by atoms with Crippen molar-refractivity contribution in [3.8, 4) is 0 Å². The van der Waals surface area contributed by atoms with Crippen molar-refractivity contribution >= 4 is 11.5 Å². The fourth-order valence-corrected chi connectivity index (χ4v) is 7.29. The average molecular weight is 409 g/mol. The molecule has 0 saturated heterocycles. The van der Waals surface area contributed by atoms with Gasteiger partial charge in [-0.25, -0.2) is 4.39 Å². The first-order valence-corrected chi connectivity index (χ1v) is 11.3. The molecule has 0 radical (unpaired) electrons. The Kier molecular flexibility index (Phi) is 5.56. The number of hydrogen-bond acceptors (Lipinski definition) is 5. The number of rotatable bonds is 4. The predicted octanol–water partition coefficient (Wildman–Crippen LogP) is 3.45. The molecule has 5 nitrogen and oxygen atoms in total. The van der Waals surface area contributed by atoms with Crippen molar-refractivity contribution in [3.63, 3.8) is 0 Å². The molecule has 4 aliphatic rings. The summed E-state index contributed by atoms with van der Waals surface area (Å²) in [5.74, 6) is 1.17. The Morgan fingerprint density at radius 2 is 1.90 bits per heavy atom. The summed E-state index contributed by atoms with van der Waals surface area (Å²) < 4.78 is 15.2. The van der Waals surface area contributed by atoms with E-state index >= 15 is 4.39 Å². The van der Waals surface area contributed by atoms with Gasteiger partial charge in [-0.3, -0.25) is 4.79 Å². The SMILES string of the molecule is CN(C)CCO/N=C1\CC2C(=O)C[C@H]3[C@@H]4CC[C@H](O)[C@@]4(C)CC[C@@H]3[C@@]2(C)C[C@H]1F. The molecule has 4 aliphatic carbocycles. The van der Waals surface area contributed by atoms with Crippen LogP contribution in [0.1, 0.15) is 58.8 Å². The number of likely N-dealkylation sites (N-methyl/N-ethyl adjacent to an activating group) is 1. The summed E-state index contributed by atoms with van der Waals surface area (Å²) in [7, 11) is 3.91. The Labute approximate surface area is 174 Å². The first kappa shape index (κ1) is 21.2. The second-order valence-electron chi connectivity index (χ2n) is 10.8. The largest absolute Gasteiger partial charge is 0.394 e.